The van der Waals surface area contributed by atoms with Crippen molar-refractivity contribution in [3.05, 3.63) is 29.7 Å². The molecule has 0 unspecified atom stereocenters. The van der Waals surface area contributed by atoms with E-state index in [1.165, 1.54) is 12.8 Å². The lowest BCUT2D eigenvalue weighted by Gasteiger charge is -2.10. The molecule has 2 nitrogen and oxygen atoms in total. The fourth-order valence-corrected chi connectivity index (χ4v) is 2.13. The van der Waals surface area contributed by atoms with E-state index >= 15 is 0 Å². The van der Waals surface area contributed by atoms with Crippen molar-refractivity contribution in [2.24, 2.45) is 0 Å². The van der Waals surface area contributed by atoms with Crippen molar-refractivity contribution < 1.29 is 9.13 Å². The fraction of sp³-hybridized carbons (Fsp3) is 0.429. The number of halogens is 1. The van der Waals surface area contributed by atoms with Crippen LogP contribution in [-0.4, -0.2) is 11.1 Å². The van der Waals surface area contributed by atoms with Gasteiger partial charge >= 0.3 is 0 Å². The molecule has 3 rings (SSSR count). The van der Waals surface area contributed by atoms with Gasteiger partial charge in [0, 0.05) is 16.6 Å². The third-order valence-electron chi connectivity index (χ3n) is 3.10. The second-order valence-electron chi connectivity index (χ2n) is 5.00. The van der Waals surface area contributed by atoms with E-state index < -0.39 is 0 Å². The molecule has 1 N–H and O–H groups in total. The highest BCUT2D eigenvalue weighted by molar-refractivity contribution is 5.83. The van der Waals surface area contributed by atoms with E-state index in [1.54, 1.807) is 6.07 Å². The summed E-state index contributed by atoms with van der Waals surface area (Å²) in [7, 11) is 0. The monoisotopic (exact) mass is 233 g/mol. The van der Waals surface area contributed by atoms with Crippen LogP contribution in [0.25, 0.3) is 10.9 Å². The highest BCUT2D eigenvalue weighted by Gasteiger charge is 2.26. The van der Waals surface area contributed by atoms with Crippen molar-refractivity contribution in [3.63, 3.8) is 0 Å². The van der Waals surface area contributed by atoms with Crippen molar-refractivity contribution in [2.45, 2.75) is 38.7 Å². The van der Waals surface area contributed by atoms with E-state index in [-0.39, 0.29) is 11.9 Å². The lowest BCUT2D eigenvalue weighted by atomic mass is 10.2. The summed E-state index contributed by atoms with van der Waals surface area (Å²) in [5.41, 5.74) is 2.01. The maximum Gasteiger partial charge on any atom is 0.174 e. The predicted octanol–water partition coefficient (Wildman–Crippen LogP) is 3.97. The van der Waals surface area contributed by atoms with E-state index in [9.17, 15) is 4.39 Å². The number of aromatic amines is 1. The molecule has 0 bridgehead atoms. The number of rotatable bonds is 3. The zero-order chi connectivity index (χ0) is 12.0. The van der Waals surface area contributed by atoms with Crippen molar-refractivity contribution in [2.75, 3.05) is 0 Å². The van der Waals surface area contributed by atoms with Gasteiger partial charge in [0.15, 0.2) is 11.6 Å². The first-order valence-electron chi connectivity index (χ1n) is 6.13. The van der Waals surface area contributed by atoms with Crippen LogP contribution >= 0.6 is 0 Å². The molecule has 2 aromatic rings. The fourth-order valence-electron chi connectivity index (χ4n) is 2.13. The standard InChI is InChI=1S/C14H16FNO/c1-8(2)17-13-6-5-11-10(14(13)15)7-12(16-11)9-3-4-9/h5-9,16H,3-4H2,1-2H3. The summed E-state index contributed by atoms with van der Waals surface area (Å²) in [6, 6.07) is 5.52. The van der Waals surface area contributed by atoms with Gasteiger partial charge in [0.25, 0.3) is 0 Å². The van der Waals surface area contributed by atoms with Gasteiger partial charge in [0.1, 0.15) is 0 Å². The third kappa shape index (κ3) is 1.90. The first-order chi connectivity index (χ1) is 8.15. The number of aromatic nitrogens is 1. The van der Waals surface area contributed by atoms with Gasteiger partial charge in [-0.05, 0) is 50.8 Å². The lowest BCUT2D eigenvalue weighted by Crippen LogP contribution is -2.06. The van der Waals surface area contributed by atoms with Crippen LogP contribution in [-0.2, 0) is 0 Å². The van der Waals surface area contributed by atoms with E-state index in [4.69, 9.17) is 4.74 Å². The third-order valence-corrected chi connectivity index (χ3v) is 3.10. The van der Waals surface area contributed by atoms with Gasteiger partial charge in [-0.1, -0.05) is 0 Å². The summed E-state index contributed by atoms with van der Waals surface area (Å²) in [6.07, 6.45) is 2.41. The molecular formula is C14H16FNO. The Hall–Kier alpha value is -1.51. The minimum Gasteiger partial charge on any atom is -0.488 e. The second kappa shape index (κ2) is 3.76. The van der Waals surface area contributed by atoms with Crippen molar-refractivity contribution in [3.8, 4) is 5.75 Å². The molecule has 1 saturated carbocycles. The minimum atomic E-state index is -0.251. The van der Waals surface area contributed by atoms with Gasteiger partial charge in [0.05, 0.1) is 6.10 Å². The number of hydrogen-bond acceptors (Lipinski definition) is 1. The number of H-pyrrole nitrogens is 1. The average Bonchev–Trinajstić information content (AvgIpc) is 3.02. The number of ether oxygens (including phenoxy) is 1. The second-order valence-corrected chi connectivity index (χ2v) is 5.00. The summed E-state index contributed by atoms with van der Waals surface area (Å²) in [5.74, 6) is 0.699. The molecule has 1 aliphatic rings. The van der Waals surface area contributed by atoms with Gasteiger partial charge in [-0.2, -0.15) is 0 Å². The molecule has 17 heavy (non-hydrogen) atoms. The van der Waals surface area contributed by atoms with Crippen LogP contribution in [0.3, 0.4) is 0 Å². The normalized spacial score (nSPS) is 15.8. The zero-order valence-electron chi connectivity index (χ0n) is 10.1. The van der Waals surface area contributed by atoms with Crippen LogP contribution in [0, 0.1) is 5.82 Å². The molecule has 1 fully saturated rings. The predicted molar refractivity (Wildman–Crippen MR) is 66.0 cm³/mol. The maximum atomic E-state index is 14.2. The summed E-state index contributed by atoms with van der Waals surface area (Å²) in [5, 5.41) is 0.644. The van der Waals surface area contributed by atoms with Crippen molar-refractivity contribution in [1.82, 2.24) is 4.98 Å². The van der Waals surface area contributed by atoms with Crippen LogP contribution in [0.4, 0.5) is 4.39 Å². The van der Waals surface area contributed by atoms with Gasteiger partial charge < -0.3 is 9.72 Å². The molecule has 0 aliphatic heterocycles. The van der Waals surface area contributed by atoms with E-state index in [1.807, 2.05) is 26.0 Å². The minimum absolute atomic E-state index is 0.0104. The van der Waals surface area contributed by atoms with Crippen LogP contribution < -0.4 is 4.74 Å². The molecule has 0 radical (unpaired) electrons. The molecule has 0 spiro atoms. The quantitative estimate of drug-likeness (QED) is 0.852. The Balaban J connectivity index is 2.06. The Morgan fingerprint density at radius 2 is 2.12 bits per heavy atom. The SMILES string of the molecule is CC(C)Oc1ccc2[nH]c(C3CC3)cc2c1F. The van der Waals surface area contributed by atoms with Crippen molar-refractivity contribution in [1.29, 1.82) is 0 Å². The van der Waals surface area contributed by atoms with Gasteiger partial charge in [-0.25, -0.2) is 4.39 Å². The Morgan fingerprint density at radius 3 is 2.76 bits per heavy atom. The highest BCUT2D eigenvalue weighted by Crippen LogP contribution is 2.41. The molecule has 0 saturated heterocycles. The summed E-state index contributed by atoms with van der Waals surface area (Å²) < 4.78 is 19.6. The Kier molecular flexibility index (Phi) is 2.35. The first-order valence-corrected chi connectivity index (χ1v) is 6.13. The Labute approximate surface area is 99.8 Å². The van der Waals surface area contributed by atoms with Crippen LogP contribution in [0.1, 0.15) is 38.3 Å². The van der Waals surface area contributed by atoms with Crippen molar-refractivity contribution >= 4 is 10.9 Å². The van der Waals surface area contributed by atoms with Gasteiger partial charge in [-0.3, -0.25) is 0 Å². The molecular weight excluding hydrogens is 217 g/mol. The van der Waals surface area contributed by atoms with E-state index in [2.05, 4.69) is 4.98 Å². The topological polar surface area (TPSA) is 25.0 Å². The molecule has 1 aromatic heterocycles. The number of hydrogen-bond donors (Lipinski definition) is 1. The molecule has 90 valence electrons. The molecule has 1 heterocycles. The van der Waals surface area contributed by atoms with E-state index in [0.29, 0.717) is 17.1 Å². The number of fused-ring (bicyclic) bond motifs is 1. The molecule has 0 amide bonds. The lowest BCUT2D eigenvalue weighted by molar-refractivity contribution is 0.232. The summed E-state index contributed by atoms with van der Waals surface area (Å²) in [4.78, 5) is 3.28. The number of nitrogens with one attached hydrogen (secondary N) is 1. The van der Waals surface area contributed by atoms with E-state index in [0.717, 1.165) is 11.2 Å². The van der Waals surface area contributed by atoms with Crippen LogP contribution in [0.2, 0.25) is 0 Å². The average molecular weight is 233 g/mol. The van der Waals surface area contributed by atoms with Gasteiger partial charge in [0.2, 0.25) is 0 Å². The van der Waals surface area contributed by atoms with Crippen LogP contribution in [0.15, 0.2) is 18.2 Å². The molecule has 0 atom stereocenters. The smallest absolute Gasteiger partial charge is 0.174 e. The van der Waals surface area contributed by atoms with Crippen LogP contribution in [0.5, 0.6) is 5.75 Å². The summed E-state index contributed by atoms with van der Waals surface area (Å²) in [6.45, 7) is 3.80. The maximum absolute atomic E-state index is 14.2. The first kappa shape index (κ1) is 10.6. The highest BCUT2D eigenvalue weighted by atomic mass is 19.1. The largest absolute Gasteiger partial charge is 0.488 e. The zero-order valence-corrected chi connectivity index (χ0v) is 10.1. The van der Waals surface area contributed by atoms with Gasteiger partial charge in [-0.15, -0.1) is 0 Å². The number of benzene rings is 1. The Bertz CT molecular complexity index is 555. The Morgan fingerprint density at radius 1 is 1.35 bits per heavy atom. The molecule has 1 aliphatic carbocycles. The molecule has 3 heteroatoms. The summed E-state index contributed by atoms with van der Waals surface area (Å²) >= 11 is 0. The molecule has 1 aromatic carbocycles.